The summed E-state index contributed by atoms with van der Waals surface area (Å²) in [5, 5.41) is 0. The van der Waals surface area contributed by atoms with Gasteiger partial charge in [0, 0.05) is 35.6 Å². The molecule has 2 heterocycles. The quantitative estimate of drug-likeness (QED) is 0.728. The molecule has 0 saturated heterocycles. The number of nitrogen functional groups attached to an aromatic ring is 1. The molecule has 0 amide bonds. The van der Waals surface area contributed by atoms with Crippen molar-refractivity contribution in [2.24, 2.45) is 0 Å². The van der Waals surface area contributed by atoms with Gasteiger partial charge in [0.15, 0.2) is 0 Å². The van der Waals surface area contributed by atoms with Crippen molar-refractivity contribution in [2.45, 2.75) is 25.2 Å². The third-order valence-electron chi connectivity index (χ3n) is 3.90. The molecule has 1 aliphatic carbocycles. The molecule has 4 rings (SSSR count). The summed E-state index contributed by atoms with van der Waals surface area (Å²) in [5.74, 6) is 1.64. The predicted octanol–water partition coefficient (Wildman–Crippen LogP) is 2.58. The lowest BCUT2D eigenvalue weighted by Gasteiger charge is -2.03. The molecule has 2 aromatic heterocycles. The number of aryl methyl sites for hydroxylation is 1. The van der Waals surface area contributed by atoms with Gasteiger partial charge in [-0.3, -0.25) is 4.98 Å². The number of rotatable bonds is 2. The van der Waals surface area contributed by atoms with E-state index < -0.39 is 0 Å². The van der Waals surface area contributed by atoms with E-state index in [0.717, 1.165) is 34.7 Å². The van der Waals surface area contributed by atoms with Gasteiger partial charge in [0.25, 0.3) is 0 Å². The van der Waals surface area contributed by atoms with E-state index in [4.69, 9.17) is 10.7 Å². The molecule has 0 spiro atoms. The van der Waals surface area contributed by atoms with Crippen LogP contribution in [0.25, 0.3) is 11.0 Å². The molecule has 0 bridgehead atoms. The lowest BCUT2D eigenvalue weighted by Crippen LogP contribution is -1.97. The summed E-state index contributed by atoms with van der Waals surface area (Å²) in [6, 6.07) is 7.53. The molecular weight excluding hydrogens is 262 g/mol. The summed E-state index contributed by atoms with van der Waals surface area (Å²) >= 11 is 0. The van der Waals surface area contributed by atoms with Gasteiger partial charge in [-0.2, -0.15) is 0 Å². The van der Waals surface area contributed by atoms with Crippen LogP contribution in [-0.4, -0.2) is 19.9 Å². The fourth-order valence-corrected chi connectivity index (χ4v) is 2.68. The van der Waals surface area contributed by atoms with Crippen LogP contribution in [0, 0.1) is 6.92 Å². The van der Waals surface area contributed by atoms with Crippen molar-refractivity contribution in [3.05, 3.63) is 53.9 Å². The smallest absolute Gasteiger partial charge is 0.132 e. The molecule has 2 N–H and O–H groups in total. The molecule has 3 aromatic rings. The van der Waals surface area contributed by atoms with Crippen LogP contribution in [0.1, 0.15) is 35.5 Å². The molecule has 0 aliphatic heterocycles. The second-order valence-electron chi connectivity index (χ2n) is 5.55. The fraction of sp³-hybridized carbons (Fsp3) is 0.250. The number of hydrogen-bond donors (Lipinski definition) is 1. The number of anilines is 1. The monoisotopic (exact) mass is 277 g/mol. The average Bonchev–Trinajstić information content (AvgIpc) is 3.27. The van der Waals surface area contributed by atoms with Gasteiger partial charge in [-0.25, -0.2) is 15.0 Å². The first-order chi connectivity index (χ1) is 10.2. The number of nitrogens with zero attached hydrogens (tertiary/aromatic N) is 4. The molecule has 5 heteroatoms. The van der Waals surface area contributed by atoms with E-state index in [0.29, 0.717) is 17.5 Å². The first-order valence-corrected chi connectivity index (χ1v) is 7.02. The Morgan fingerprint density at radius 1 is 1.05 bits per heavy atom. The third kappa shape index (κ3) is 2.20. The number of nitrogens with two attached hydrogens (primary N) is 1. The van der Waals surface area contributed by atoms with E-state index in [2.05, 4.69) is 15.0 Å². The first kappa shape index (κ1) is 12.2. The second-order valence-corrected chi connectivity index (χ2v) is 5.55. The summed E-state index contributed by atoms with van der Waals surface area (Å²) in [5.41, 5.74) is 10.3. The van der Waals surface area contributed by atoms with Crippen LogP contribution in [0.2, 0.25) is 0 Å². The van der Waals surface area contributed by atoms with Crippen LogP contribution >= 0.6 is 0 Å². The van der Waals surface area contributed by atoms with E-state index in [9.17, 15) is 0 Å². The largest absolute Gasteiger partial charge is 0.399 e. The molecule has 1 saturated carbocycles. The Labute approximate surface area is 122 Å². The van der Waals surface area contributed by atoms with E-state index in [-0.39, 0.29) is 0 Å². The van der Waals surface area contributed by atoms with Crippen molar-refractivity contribution in [3.63, 3.8) is 0 Å². The van der Waals surface area contributed by atoms with Crippen LogP contribution in [0.3, 0.4) is 0 Å². The van der Waals surface area contributed by atoms with Gasteiger partial charge < -0.3 is 5.73 Å². The normalized spacial score (nSPS) is 20.6. The maximum Gasteiger partial charge on any atom is 0.132 e. The zero-order valence-electron chi connectivity index (χ0n) is 11.7. The van der Waals surface area contributed by atoms with Crippen LogP contribution in [0.5, 0.6) is 0 Å². The Hall–Kier alpha value is -2.56. The number of aromatic nitrogens is 4. The molecule has 1 fully saturated rings. The summed E-state index contributed by atoms with van der Waals surface area (Å²) in [6.45, 7) is 1.99. The number of benzene rings is 1. The van der Waals surface area contributed by atoms with Crippen LogP contribution in [0.4, 0.5) is 5.69 Å². The van der Waals surface area contributed by atoms with Gasteiger partial charge in [0.2, 0.25) is 0 Å². The summed E-state index contributed by atoms with van der Waals surface area (Å²) < 4.78 is 0. The molecule has 5 nitrogen and oxygen atoms in total. The van der Waals surface area contributed by atoms with Gasteiger partial charge in [-0.05, 0) is 37.6 Å². The van der Waals surface area contributed by atoms with Crippen molar-refractivity contribution in [3.8, 4) is 0 Å². The molecule has 104 valence electrons. The van der Waals surface area contributed by atoms with Crippen molar-refractivity contribution >= 4 is 16.7 Å². The Morgan fingerprint density at radius 3 is 2.81 bits per heavy atom. The molecule has 2 unspecified atom stereocenters. The average molecular weight is 277 g/mol. The van der Waals surface area contributed by atoms with Gasteiger partial charge in [0.05, 0.1) is 16.7 Å². The first-order valence-electron chi connectivity index (χ1n) is 7.02. The standard InChI is InChI=1S/C16H15N5/c1-9-4-5-18-16(20-9)12-7-11(12)15-8-19-13-3-2-10(17)6-14(13)21-15/h2-6,8,11-12H,7,17H2,1H3. The Morgan fingerprint density at radius 2 is 1.95 bits per heavy atom. The van der Waals surface area contributed by atoms with Crippen molar-refractivity contribution in [1.82, 2.24) is 19.9 Å². The highest BCUT2D eigenvalue weighted by molar-refractivity contribution is 5.77. The number of hydrogen-bond acceptors (Lipinski definition) is 5. The molecule has 2 atom stereocenters. The molecular formula is C16H15N5. The van der Waals surface area contributed by atoms with Gasteiger partial charge in [-0.15, -0.1) is 0 Å². The van der Waals surface area contributed by atoms with Crippen LogP contribution in [-0.2, 0) is 0 Å². The number of fused-ring (bicyclic) bond motifs is 1. The fourth-order valence-electron chi connectivity index (χ4n) is 2.68. The molecule has 21 heavy (non-hydrogen) atoms. The summed E-state index contributed by atoms with van der Waals surface area (Å²) in [7, 11) is 0. The summed E-state index contributed by atoms with van der Waals surface area (Å²) in [6.07, 6.45) is 4.71. The van der Waals surface area contributed by atoms with Gasteiger partial charge in [0.1, 0.15) is 5.82 Å². The van der Waals surface area contributed by atoms with E-state index >= 15 is 0 Å². The van der Waals surface area contributed by atoms with E-state index in [1.807, 2.05) is 43.6 Å². The topological polar surface area (TPSA) is 77.6 Å². The third-order valence-corrected chi connectivity index (χ3v) is 3.90. The minimum absolute atomic E-state index is 0.359. The Kier molecular flexibility index (Phi) is 2.60. The van der Waals surface area contributed by atoms with Crippen molar-refractivity contribution < 1.29 is 0 Å². The minimum Gasteiger partial charge on any atom is -0.399 e. The van der Waals surface area contributed by atoms with Gasteiger partial charge >= 0.3 is 0 Å². The SMILES string of the molecule is Cc1ccnc(C2CC2c2cnc3ccc(N)cc3n2)n1. The molecule has 0 radical (unpaired) electrons. The van der Waals surface area contributed by atoms with Gasteiger partial charge in [-0.1, -0.05) is 0 Å². The van der Waals surface area contributed by atoms with Crippen molar-refractivity contribution in [2.75, 3.05) is 5.73 Å². The second kappa shape index (κ2) is 4.48. The highest BCUT2D eigenvalue weighted by Crippen LogP contribution is 2.52. The highest BCUT2D eigenvalue weighted by Gasteiger charge is 2.43. The van der Waals surface area contributed by atoms with Crippen LogP contribution < -0.4 is 5.73 Å². The lowest BCUT2D eigenvalue weighted by atomic mass is 10.2. The predicted molar refractivity (Wildman–Crippen MR) is 80.8 cm³/mol. The van der Waals surface area contributed by atoms with Crippen LogP contribution in [0.15, 0.2) is 36.7 Å². The maximum absolute atomic E-state index is 5.81. The Bertz CT molecular complexity index is 830. The molecule has 1 aliphatic rings. The molecule has 1 aromatic carbocycles. The Balaban J connectivity index is 1.66. The highest BCUT2D eigenvalue weighted by atomic mass is 14.9. The van der Waals surface area contributed by atoms with E-state index in [1.165, 1.54) is 0 Å². The van der Waals surface area contributed by atoms with Crippen molar-refractivity contribution in [1.29, 1.82) is 0 Å². The van der Waals surface area contributed by atoms with E-state index in [1.54, 1.807) is 0 Å². The minimum atomic E-state index is 0.359. The maximum atomic E-state index is 5.81. The zero-order chi connectivity index (χ0) is 14.4. The zero-order valence-corrected chi connectivity index (χ0v) is 11.7. The summed E-state index contributed by atoms with van der Waals surface area (Å²) in [4.78, 5) is 18.1. The lowest BCUT2D eigenvalue weighted by molar-refractivity contribution is 0.864.